The van der Waals surface area contributed by atoms with E-state index in [0.29, 0.717) is 18.7 Å². The number of nitrogens with zero attached hydrogens (tertiary/aromatic N) is 2. The first-order chi connectivity index (χ1) is 18.2. The molecule has 0 unspecified atom stereocenters. The lowest BCUT2D eigenvalue weighted by Gasteiger charge is -2.33. The molecular formula is C29H34BrN3O4S. The highest BCUT2D eigenvalue weighted by Gasteiger charge is 2.33. The van der Waals surface area contributed by atoms with Crippen LogP contribution < -0.4 is 9.62 Å². The summed E-state index contributed by atoms with van der Waals surface area (Å²) in [5.74, 6) is -0.721. The molecule has 38 heavy (non-hydrogen) atoms. The number of halogens is 1. The number of sulfonamides is 1. The Kier molecular flexibility index (Phi) is 10.5. The standard InChI is InChI=1S/C29H34BrN3O4S/c1-4-19-31-29(35)27(5-2)32(20-23-9-7-6-8-10-23)28(34)21-33(25-15-13-24(30)14-16-25)38(36,37)26-17-11-22(3)12-18-26/h6-18,27H,4-5,19-21H2,1-3H3,(H,31,35)/t27-/m1/s1. The second-order valence-electron chi connectivity index (χ2n) is 9.02. The van der Waals surface area contributed by atoms with E-state index in [1.54, 1.807) is 36.4 Å². The number of benzene rings is 3. The summed E-state index contributed by atoms with van der Waals surface area (Å²) in [4.78, 5) is 28.6. The van der Waals surface area contributed by atoms with Crippen LogP contribution in [0.15, 0.2) is 88.2 Å². The third kappa shape index (κ3) is 7.45. The summed E-state index contributed by atoms with van der Waals surface area (Å²) in [5.41, 5.74) is 2.12. The van der Waals surface area contributed by atoms with Gasteiger partial charge in [-0.25, -0.2) is 8.42 Å². The molecule has 0 fully saturated rings. The van der Waals surface area contributed by atoms with Gasteiger partial charge in [0.25, 0.3) is 10.0 Å². The third-order valence-electron chi connectivity index (χ3n) is 6.13. The Morgan fingerprint density at radius 2 is 1.55 bits per heavy atom. The van der Waals surface area contributed by atoms with Crippen LogP contribution >= 0.6 is 15.9 Å². The molecule has 0 aliphatic rings. The van der Waals surface area contributed by atoms with E-state index >= 15 is 0 Å². The Morgan fingerprint density at radius 3 is 2.13 bits per heavy atom. The first-order valence-corrected chi connectivity index (χ1v) is 14.9. The van der Waals surface area contributed by atoms with E-state index in [9.17, 15) is 18.0 Å². The van der Waals surface area contributed by atoms with Crippen LogP contribution in [0.25, 0.3) is 0 Å². The minimum atomic E-state index is -4.08. The summed E-state index contributed by atoms with van der Waals surface area (Å²) >= 11 is 3.39. The average Bonchev–Trinajstić information content (AvgIpc) is 2.91. The van der Waals surface area contributed by atoms with Crippen molar-refractivity contribution in [2.45, 2.75) is 51.1 Å². The molecule has 3 aromatic carbocycles. The lowest BCUT2D eigenvalue weighted by molar-refractivity contribution is -0.140. The fraction of sp³-hybridized carbons (Fsp3) is 0.310. The van der Waals surface area contributed by atoms with Crippen molar-refractivity contribution in [1.29, 1.82) is 0 Å². The largest absolute Gasteiger partial charge is 0.354 e. The molecule has 0 aliphatic carbocycles. The number of nitrogens with one attached hydrogen (secondary N) is 1. The van der Waals surface area contributed by atoms with E-state index in [4.69, 9.17) is 0 Å². The van der Waals surface area contributed by atoms with E-state index in [1.165, 1.54) is 17.0 Å². The van der Waals surface area contributed by atoms with Crippen molar-refractivity contribution in [1.82, 2.24) is 10.2 Å². The minimum absolute atomic E-state index is 0.0844. The molecule has 1 N–H and O–H groups in total. The molecule has 3 rings (SSSR count). The van der Waals surface area contributed by atoms with E-state index < -0.39 is 28.5 Å². The molecule has 0 heterocycles. The molecule has 2 amide bonds. The molecule has 202 valence electrons. The topological polar surface area (TPSA) is 86.8 Å². The molecule has 3 aromatic rings. The van der Waals surface area contributed by atoms with Crippen molar-refractivity contribution >= 4 is 43.5 Å². The SMILES string of the molecule is CCCNC(=O)[C@@H](CC)N(Cc1ccccc1)C(=O)CN(c1ccc(Br)cc1)S(=O)(=O)c1ccc(C)cc1. The predicted octanol–water partition coefficient (Wildman–Crippen LogP) is 5.29. The molecule has 1 atom stereocenters. The molecule has 0 aromatic heterocycles. The quantitative estimate of drug-likeness (QED) is 0.306. The van der Waals surface area contributed by atoms with Crippen molar-refractivity contribution < 1.29 is 18.0 Å². The summed E-state index contributed by atoms with van der Waals surface area (Å²) < 4.78 is 29.5. The monoisotopic (exact) mass is 599 g/mol. The zero-order valence-corrected chi connectivity index (χ0v) is 24.3. The van der Waals surface area contributed by atoms with Gasteiger partial charge >= 0.3 is 0 Å². The fourth-order valence-corrected chi connectivity index (χ4v) is 5.72. The van der Waals surface area contributed by atoms with Crippen LogP contribution in [0.5, 0.6) is 0 Å². The van der Waals surface area contributed by atoms with Gasteiger partial charge in [0.2, 0.25) is 11.8 Å². The molecule has 0 bridgehead atoms. The summed E-state index contributed by atoms with van der Waals surface area (Å²) in [6, 6.07) is 21.9. The normalized spacial score (nSPS) is 12.0. The second-order valence-corrected chi connectivity index (χ2v) is 11.8. The van der Waals surface area contributed by atoms with Gasteiger partial charge < -0.3 is 10.2 Å². The first kappa shape index (κ1) is 29.4. The van der Waals surface area contributed by atoms with Gasteiger partial charge in [-0.2, -0.15) is 0 Å². The van der Waals surface area contributed by atoms with Crippen molar-refractivity contribution in [3.8, 4) is 0 Å². The van der Waals surface area contributed by atoms with Gasteiger partial charge in [0.1, 0.15) is 12.6 Å². The van der Waals surface area contributed by atoms with E-state index in [0.717, 1.165) is 26.3 Å². The van der Waals surface area contributed by atoms with Crippen LogP contribution in [0.1, 0.15) is 37.8 Å². The zero-order valence-electron chi connectivity index (χ0n) is 21.9. The maximum Gasteiger partial charge on any atom is 0.264 e. The van der Waals surface area contributed by atoms with Crippen molar-refractivity contribution in [2.24, 2.45) is 0 Å². The van der Waals surface area contributed by atoms with E-state index in [2.05, 4.69) is 21.2 Å². The molecule has 0 spiro atoms. The van der Waals surface area contributed by atoms with Gasteiger partial charge in [-0.1, -0.05) is 77.8 Å². The summed E-state index contributed by atoms with van der Waals surface area (Å²) in [6.07, 6.45) is 1.15. The van der Waals surface area contributed by atoms with Gasteiger partial charge in [0.05, 0.1) is 10.6 Å². The minimum Gasteiger partial charge on any atom is -0.354 e. The van der Waals surface area contributed by atoms with Gasteiger partial charge in [0, 0.05) is 17.6 Å². The highest BCUT2D eigenvalue weighted by molar-refractivity contribution is 9.10. The van der Waals surface area contributed by atoms with E-state index in [1.807, 2.05) is 51.1 Å². The van der Waals surface area contributed by atoms with Crippen LogP contribution in [0, 0.1) is 6.92 Å². The van der Waals surface area contributed by atoms with Crippen LogP contribution in [0.4, 0.5) is 5.69 Å². The predicted molar refractivity (Wildman–Crippen MR) is 154 cm³/mol. The number of amides is 2. The zero-order chi connectivity index (χ0) is 27.7. The lowest BCUT2D eigenvalue weighted by atomic mass is 10.1. The molecule has 0 aliphatic heterocycles. The van der Waals surface area contributed by atoms with E-state index in [-0.39, 0.29) is 17.3 Å². The summed E-state index contributed by atoms with van der Waals surface area (Å²) in [7, 11) is -4.08. The number of hydrogen-bond acceptors (Lipinski definition) is 4. The number of aryl methyl sites for hydroxylation is 1. The number of carbonyl (C=O) groups excluding carboxylic acids is 2. The number of rotatable bonds is 12. The first-order valence-electron chi connectivity index (χ1n) is 12.6. The van der Waals surface area contributed by atoms with Gasteiger partial charge in [-0.3, -0.25) is 13.9 Å². The highest BCUT2D eigenvalue weighted by atomic mass is 79.9. The number of anilines is 1. The smallest absolute Gasteiger partial charge is 0.264 e. The summed E-state index contributed by atoms with van der Waals surface area (Å²) in [5, 5.41) is 2.89. The average molecular weight is 601 g/mol. The van der Waals surface area contributed by atoms with Gasteiger partial charge in [0.15, 0.2) is 0 Å². The number of hydrogen-bond donors (Lipinski definition) is 1. The second kappa shape index (κ2) is 13.6. The Balaban J connectivity index is 2.03. The Morgan fingerprint density at radius 1 is 0.921 bits per heavy atom. The highest BCUT2D eigenvalue weighted by Crippen LogP contribution is 2.26. The fourth-order valence-electron chi connectivity index (χ4n) is 4.04. The van der Waals surface area contributed by atoms with Gasteiger partial charge in [-0.05, 0) is 61.7 Å². The van der Waals surface area contributed by atoms with Crippen LogP contribution in [0.2, 0.25) is 0 Å². The Labute approximate surface area is 234 Å². The molecule has 7 nitrogen and oxygen atoms in total. The summed E-state index contributed by atoms with van der Waals surface area (Å²) in [6.45, 7) is 5.90. The molecule has 9 heteroatoms. The van der Waals surface area contributed by atoms with Crippen molar-refractivity contribution in [2.75, 3.05) is 17.4 Å². The van der Waals surface area contributed by atoms with Crippen molar-refractivity contribution in [3.63, 3.8) is 0 Å². The molecule has 0 saturated heterocycles. The number of carbonyl (C=O) groups is 2. The molecular weight excluding hydrogens is 566 g/mol. The van der Waals surface area contributed by atoms with Crippen molar-refractivity contribution in [3.05, 3.63) is 94.5 Å². The lowest BCUT2D eigenvalue weighted by Crippen LogP contribution is -2.52. The Hall–Kier alpha value is -3.17. The maximum absolute atomic E-state index is 13.9. The van der Waals surface area contributed by atoms with Crippen LogP contribution in [0.3, 0.4) is 0 Å². The van der Waals surface area contributed by atoms with Gasteiger partial charge in [-0.15, -0.1) is 0 Å². The molecule has 0 saturated carbocycles. The van der Waals surface area contributed by atoms with Crippen LogP contribution in [-0.2, 0) is 26.2 Å². The third-order valence-corrected chi connectivity index (χ3v) is 8.45. The van der Waals surface area contributed by atoms with Crippen LogP contribution in [-0.4, -0.2) is 44.3 Å². The maximum atomic E-state index is 13.9. The Bertz CT molecular complexity index is 1310. The molecule has 0 radical (unpaired) electrons.